The third-order valence-electron chi connectivity index (χ3n) is 5.00. The number of esters is 1. The van der Waals surface area contributed by atoms with Gasteiger partial charge in [0.1, 0.15) is 5.65 Å². The third-order valence-corrected chi connectivity index (χ3v) is 5.00. The van der Waals surface area contributed by atoms with E-state index in [0.29, 0.717) is 36.3 Å². The summed E-state index contributed by atoms with van der Waals surface area (Å²) in [4.78, 5) is 30.2. The van der Waals surface area contributed by atoms with Crippen molar-refractivity contribution in [2.45, 2.75) is 39.3 Å². The number of aryl methyl sites for hydroxylation is 1. The van der Waals surface area contributed by atoms with Gasteiger partial charge >= 0.3 is 5.97 Å². The molecule has 3 aromatic rings. The van der Waals surface area contributed by atoms with Crippen molar-refractivity contribution in [3.63, 3.8) is 0 Å². The number of pyridine rings is 1. The Balaban J connectivity index is 2.01. The Kier molecular flexibility index (Phi) is 7.83. The number of hydrogen-bond donors (Lipinski definition) is 2. The van der Waals surface area contributed by atoms with Crippen molar-refractivity contribution in [1.82, 2.24) is 9.55 Å². The van der Waals surface area contributed by atoms with Gasteiger partial charge in [-0.1, -0.05) is 30.3 Å². The second-order valence-corrected chi connectivity index (χ2v) is 7.79. The van der Waals surface area contributed by atoms with Gasteiger partial charge < -0.3 is 24.7 Å². The number of carbonyl (C=O) groups excluding carboxylic acids is 2. The van der Waals surface area contributed by atoms with E-state index in [-0.39, 0.29) is 24.1 Å². The van der Waals surface area contributed by atoms with Crippen molar-refractivity contribution < 1.29 is 19.1 Å². The molecule has 0 bridgehead atoms. The van der Waals surface area contributed by atoms with E-state index in [1.165, 1.54) is 7.11 Å². The highest BCUT2D eigenvalue weighted by Gasteiger charge is 2.26. The van der Waals surface area contributed by atoms with Crippen LogP contribution in [0.1, 0.15) is 36.3 Å². The summed E-state index contributed by atoms with van der Waals surface area (Å²) in [5.74, 6) is -0.733. The van der Waals surface area contributed by atoms with E-state index in [1.54, 1.807) is 17.9 Å². The molecular formula is C24H30N4O4. The number of rotatable bonds is 10. The molecule has 0 aliphatic carbocycles. The minimum atomic E-state index is -0.546. The lowest BCUT2D eigenvalue weighted by atomic mass is 10.1. The van der Waals surface area contributed by atoms with Gasteiger partial charge in [-0.05, 0) is 31.9 Å². The van der Waals surface area contributed by atoms with Crippen LogP contribution in [0.15, 0.2) is 42.6 Å². The van der Waals surface area contributed by atoms with Crippen molar-refractivity contribution in [2.24, 2.45) is 0 Å². The predicted octanol–water partition coefficient (Wildman–Crippen LogP) is 3.86. The lowest BCUT2D eigenvalue weighted by Gasteiger charge is -2.10. The van der Waals surface area contributed by atoms with Gasteiger partial charge in [-0.2, -0.15) is 0 Å². The van der Waals surface area contributed by atoms with Crippen LogP contribution >= 0.6 is 0 Å². The van der Waals surface area contributed by atoms with Gasteiger partial charge in [0, 0.05) is 31.5 Å². The molecule has 0 saturated carbocycles. The van der Waals surface area contributed by atoms with E-state index in [4.69, 9.17) is 9.47 Å². The van der Waals surface area contributed by atoms with Crippen LogP contribution in [-0.2, 0) is 27.2 Å². The fourth-order valence-electron chi connectivity index (χ4n) is 3.58. The molecule has 32 heavy (non-hydrogen) atoms. The first-order valence-corrected chi connectivity index (χ1v) is 10.6. The molecule has 1 aromatic carbocycles. The van der Waals surface area contributed by atoms with Crippen molar-refractivity contribution in [3.8, 4) is 0 Å². The molecule has 0 spiro atoms. The zero-order valence-electron chi connectivity index (χ0n) is 19.0. The average Bonchev–Trinajstić information content (AvgIpc) is 3.08. The van der Waals surface area contributed by atoms with Gasteiger partial charge in [-0.25, -0.2) is 9.78 Å². The van der Waals surface area contributed by atoms with Crippen LogP contribution in [0.25, 0.3) is 11.0 Å². The van der Waals surface area contributed by atoms with E-state index in [9.17, 15) is 9.59 Å². The Morgan fingerprint density at radius 1 is 1.16 bits per heavy atom. The topological polar surface area (TPSA) is 94.5 Å². The number of aromatic nitrogens is 2. The fraction of sp³-hybridized carbons (Fsp3) is 0.375. The van der Waals surface area contributed by atoms with Crippen LogP contribution in [0.4, 0.5) is 11.4 Å². The Labute approximate surface area is 187 Å². The number of amides is 1. The van der Waals surface area contributed by atoms with Crippen LogP contribution in [0.2, 0.25) is 0 Å². The summed E-state index contributed by atoms with van der Waals surface area (Å²) in [6, 6.07) is 11.9. The Morgan fingerprint density at radius 3 is 2.56 bits per heavy atom. The molecule has 2 N–H and O–H groups in total. The van der Waals surface area contributed by atoms with Gasteiger partial charge in [-0.15, -0.1) is 0 Å². The molecule has 2 aromatic heterocycles. The highest BCUT2D eigenvalue weighted by atomic mass is 16.5. The molecular weight excluding hydrogens is 408 g/mol. The van der Waals surface area contributed by atoms with Gasteiger partial charge in [0.25, 0.3) is 0 Å². The van der Waals surface area contributed by atoms with Gasteiger partial charge in [0.2, 0.25) is 5.91 Å². The zero-order valence-corrected chi connectivity index (χ0v) is 19.0. The molecule has 0 atom stereocenters. The number of ether oxygens (including phenoxy) is 2. The second kappa shape index (κ2) is 10.8. The summed E-state index contributed by atoms with van der Waals surface area (Å²) in [7, 11) is 2.91. The molecule has 0 radical (unpaired) electrons. The monoisotopic (exact) mass is 438 g/mol. The molecule has 0 unspecified atom stereocenters. The smallest absolute Gasteiger partial charge is 0.356 e. The van der Waals surface area contributed by atoms with Gasteiger partial charge in [0.05, 0.1) is 31.3 Å². The summed E-state index contributed by atoms with van der Waals surface area (Å²) in [5, 5.41) is 6.93. The maximum Gasteiger partial charge on any atom is 0.356 e. The van der Waals surface area contributed by atoms with Crippen LogP contribution in [-0.4, -0.2) is 48.3 Å². The van der Waals surface area contributed by atoms with E-state index < -0.39 is 5.97 Å². The summed E-state index contributed by atoms with van der Waals surface area (Å²) in [6.45, 7) is 4.82. The quantitative estimate of drug-likeness (QED) is 0.467. The number of fused-ring (bicyclic) bond motifs is 1. The summed E-state index contributed by atoms with van der Waals surface area (Å²) >= 11 is 0. The maximum atomic E-state index is 12.8. The first-order valence-electron chi connectivity index (χ1n) is 10.6. The summed E-state index contributed by atoms with van der Waals surface area (Å²) in [5.41, 5.74) is 3.11. The predicted molar refractivity (Wildman–Crippen MR) is 125 cm³/mol. The van der Waals surface area contributed by atoms with Crippen LogP contribution < -0.4 is 10.6 Å². The van der Waals surface area contributed by atoms with Crippen molar-refractivity contribution >= 4 is 34.3 Å². The summed E-state index contributed by atoms with van der Waals surface area (Å²) < 4.78 is 12.0. The van der Waals surface area contributed by atoms with Crippen LogP contribution in [0, 0.1) is 0 Å². The number of methoxy groups -OCH3 is 2. The standard InChI is InChI=1S/C24H30N4O4/c1-16(2)26-18-14-19-21(27-20(29)11-10-17-8-6-5-7-9-17)22(24(30)32-4)28(12-13-31-3)23(19)25-15-18/h5-9,14-16,26H,10-13H2,1-4H3,(H,27,29). The number of carbonyl (C=O) groups is 2. The zero-order chi connectivity index (χ0) is 23.1. The second-order valence-electron chi connectivity index (χ2n) is 7.79. The van der Waals surface area contributed by atoms with E-state index >= 15 is 0 Å². The fourth-order valence-corrected chi connectivity index (χ4v) is 3.58. The van der Waals surface area contributed by atoms with Crippen molar-refractivity contribution in [3.05, 3.63) is 53.9 Å². The Hall–Kier alpha value is -3.39. The van der Waals surface area contributed by atoms with Gasteiger partial charge in [-0.3, -0.25) is 4.79 Å². The SMILES string of the molecule is COCCn1c(C(=O)OC)c(NC(=O)CCc2ccccc2)c2cc(NC(C)C)cnc21. The van der Waals surface area contributed by atoms with Gasteiger partial charge in [0.15, 0.2) is 5.69 Å². The average molecular weight is 439 g/mol. The molecule has 1 amide bonds. The first kappa shape index (κ1) is 23.3. The van der Waals surface area contributed by atoms with Crippen molar-refractivity contribution in [1.29, 1.82) is 0 Å². The molecule has 8 nitrogen and oxygen atoms in total. The molecule has 2 heterocycles. The van der Waals surface area contributed by atoms with Crippen molar-refractivity contribution in [2.75, 3.05) is 31.5 Å². The number of nitrogens with one attached hydrogen (secondary N) is 2. The normalized spacial score (nSPS) is 11.0. The lowest BCUT2D eigenvalue weighted by Crippen LogP contribution is -2.18. The molecule has 0 saturated heterocycles. The molecule has 0 aliphatic rings. The molecule has 8 heteroatoms. The molecule has 0 aliphatic heterocycles. The number of anilines is 2. The Morgan fingerprint density at radius 2 is 1.91 bits per heavy atom. The van der Waals surface area contributed by atoms with E-state index in [0.717, 1.165) is 11.3 Å². The van der Waals surface area contributed by atoms with E-state index in [2.05, 4.69) is 15.6 Å². The molecule has 3 rings (SSSR count). The van der Waals surface area contributed by atoms with E-state index in [1.807, 2.05) is 50.2 Å². The van der Waals surface area contributed by atoms with Crippen LogP contribution in [0.3, 0.4) is 0 Å². The Bertz CT molecular complexity index is 1080. The molecule has 170 valence electrons. The first-order chi connectivity index (χ1) is 15.4. The number of benzene rings is 1. The maximum absolute atomic E-state index is 12.8. The number of hydrogen-bond acceptors (Lipinski definition) is 6. The summed E-state index contributed by atoms with van der Waals surface area (Å²) in [6.07, 6.45) is 2.60. The highest BCUT2D eigenvalue weighted by molar-refractivity contribution is 6.11. The minimum absolute atomic E-state index is 0.188. The highest BCUT2D eigenvalue weighted by Crippen LogP contribution is 2.33. The lowest BCUT2D eigenvalue weighted by molar-refractivity contribution is -0.116. The molecule has 0 fully saturated rings. The third kappa shape index (κ3) is 5.45. The largest absolute Gasteiger partial charge is 0.464 e. The number of nitrogens with zero attached hydrogens (tertiary/aromatic N) is 2. The minimum Gasteiger partial charge on any atom is -0.464 e. The van der Waals surface area contributed by atoms with Crippen LogP contribution in [0.5, 0.6) is 0 Å².